The van der Waals surface area contributed by atoms with E-state index in [1.165, 1.54) is 0 Å². The first-order valence-corrected chi connectivity index (χ1v) is 9.88. The molecule has 0 fully saturated rings. The zero-order valence-electron chi connectivity index (χ0n) is 19.7. The highest BCUT2D eigenvalue weighted by atomic mass is 16.3. The van der Waals surface area contributed by atoms with Gasteiger partial charge in [-0.2, -0.15) is 0 Å². The lowest BCUT2D eigenvalue weighted by molar-refractivity contribution is -0.123. The standard InChI is InChI=1S/C13H23NO3.C5H8.2C2H6.C2H4/c1-5-10(6-2)9-14-12(16)7-11(15)8-13(3,4)17;1-3-5-4-2;3*1-2/h5-6,11,15,17H,1,7-9H2,2-4H3,(H,14,16);3-5H,1H2,2H3;2*1-2H3;1-2H2/b10-6+;5-4-;;;. The number of rotatable bonds is 8. The van der Waals surface area contributed by atoms with Crippen LogP contribution in [0.1, 0.15) is 68.2 Å². The summed E-state index contributed by atoms with van der Waals surface area (Å²) in [6.45, 7) is 28.5. The van der Waals surface area contributed by atoms with E-state index in [4.69, 9.17) is 0 Å². The predicted molar refractivity (Wildman–Crippen MR) is 127 cm³/mol. The van der Waals surface area contributed by atoms with Crippen LogP contribution in [0.4, 0.5) is 0 Å². The van der Waals surface area contributed by atoms with Crippen LogP contribution in [0, 0.1) is 0 Å². The van der Waals surface area contributed by atoms with E-state index in [1.54, 1.807) is 26.0 Å². The molecule has 0 aliphatic rings. The minimum absolute atomic E-state index is 0.00186. The van der Waals surface area contributed by atoms with Crippen LogP contribution >= 0.6 is 0 Å². The SMILES string of the molecule is C=C.C=C/C(=C\C)CNC(=O)CC(O)CC(C)(C)O.C=C/C=C\C.CC.CC. The van der Waals surface area contributed by atoms with Crippen molar-refractivity contribution in [3.8, 4) is 0 Å². The van der Waals surface area contributed by atoms with E-state index in [-0.39, 0.29) is 18.7 Å². The molecule has 0 aliphatic carbocycles. The molecule has 0 spiro atoms. The van der Waals surface area contributed by atoms with Crippen molar-refractivity contribution in [2.24, 2.45) is 0 Å². The predicted octanol–water partition coefficient (Wildman–Crippen LogP) is 5.75. The Bertz CT molecular complexity index is 405. The third-order valence-electron chi connectivity index (χ3n) is 2.61. The van der Waals surface area contributed by atoms with E-state index in [2.05, 4.69) is 31.6 Å². The summed E-state index contributed by atoms with van der Waals surface area (Å²) in [6, 6.07) is 0. The number of aliphatic hydroxyl groups excluding tert-OH is 1. The van der Waals surface area contributed by atoms with Crippen molar-refractivity contribution < 1.29 is 15.0 Å². The van der Waals surface area contributed by atoms with Gasteiger partial charge in [0.15, 0.2) is 0 Å². The Balaban J connectivity index is -0.000000134. The van der Waals surface area contributed by atoms with Gasteiger partial charge in [-0.15, -0.1) is 13.2 Å². The molecule has 0 aliphatic heterocycles. The van der Waals surface area contributed by atoms with Crippen molar-refractivity contribution in [3.05, 3.63) is 62.3 Å². The first-order valence-electron chi connectivity index (χ1n) is 9.88. The number of carbonyl (C=O) groups is 1. The fourth-order valence-electron chi connectivity index (χ4n) is 1.56. The van der Waals surface area contributed by atoms with Crippen molar-refractivity contribution in [2.45, 2.75) is 79.9 Å². The minimum Gasteiger partial charge on any atom is -0.392 e. The molecular formula is C24H47NO3. The monoisotopic (exact) mass is 397 g/mol. The van der Waals surface area contributed by atoms with Gasteiger partial charge in [0, 0.05) is 13.0 Å². The van der Waals surface area contributed by atoms with Gasteiger partial charge in [-0.3, -0.25) is 4.79 Å². The second kappa shape index (κ2) is 29.8. The van der Waals surface area contributed by atoms with Crippen LogP contribution in [0.5, 0.6) is 0 Å². The maximum atomic E-state index is 11.5. The molecule has 0 saturated heterocycles. The van der Waals surface area contributed by atoms with Crippen molar-refractivity contribution >= 4 is 5.91 Å². The van der Waals surface area contributed by atoms with Gasteiger partial charge in [-0.25, -0.2) is 0 Å². The zero-order chi connectivity index (χ0) is 23.6. The Morgan fingerprint density at radius 2 is 1.57 bits per heavy atom. The molecule has 28 heavy (non-hydrogen) atoms. The van der Waals surface area contributed by atoms with Gasteiger partial charge >= 0.3 is 0 Å². The van der Waals surface area contributed by atoms with E-state index in [9.17, 15) is 15.0 Å². The van der Waals surface area contributed by atoms with Crippen LogP contribution in [0.2, 0.25) is 0 Å². The van der Waals surface area contributed by atoms with Crippen LogP contribution in [-0.2, 0) is 4.79 Å². The van der Waals surface area contributed by atoms with Crippen LogP contribution in [0.3, 0.4) is 0 Å². The molecule has 1 atom stereocenters. The first-order chi connectivity index (χ1) is 13.2. The van der Waals surface area contributed by atoms with E-state index in [1.807, 2.05) is 59.8 Å². The van der Waals surface area contributed by atoms with E-state index >= 15 is 0 Å². The molecule has 0 bridgehead atoms. The number of amides is 1. The first kappa shape index (κ1) is 36.9. The zero-order valence-corrected chi connectivity index (χ0v) is 19.7. The average molecular weight is 398 g/mol. The average Bonchev–Trinajstić information content (AvgIpc) is 2.67. The number of allylic oxidation sites excluding steroid dienone is 4. The molecule has 0 aromatic rings. The molecule has 0 saturated carbocycles. The molecule has 3 N–H and O–H groups in total. The molecule has 4 heteroatoms. The van der Waals surface area contributed by atoms with Crippen molar-refractivity contribution in [1.82, 2.24) is 5.32 Å². The fourth-order valence-corrected chi connectivity index (χ4v) is 1.56. The number of carbonyl (C=O) groups excluding carboxylic acids is 1. The largest absolute Gasteiger partial charge is 0.392 e. The third kappa shape index (κ3) is 39.2. The van der Waals surface area contributed by atoms with Gasteiger partial charge in [-0.1, -0.05) is 71.2 Å². The molecule has 1 unspecified atom stereocenters. The third-order valence-corrected chi connectivity index (χ3v) is 2.61. The number of aliphatic hydroxyl groups is 2. The molecular weight excluding hydrogens is 350 g/mol. The van der Waals surface area contributed by atoms with Gasteiger partial charge < -0.3 is 15.5 Å². The van der Waals surface area contributed by atoms with Crippen LogP contribution in [0.15, 0.2) is 62.3 Å². The lowest BCUT2D eigenvalue weighted by Gasteiger charge is -2.20. The van der Waals surface area contributed by atoms with Crippen LogP contribution < -0.4 is 5.32 Å². The van der Waals surface area contributed by atoms with Crippen LogP contribution in [0.25, 0.3) is 0 Å². The van der Waals surface area contributed by atoms with Gasteiger partial charge in [0.25, 0.3) is 0 Å². The van der Waals surface area contributed by atoms with Gasteiger partial charge in [0.1, 0.15) is 0 Å². The summed E-state index contributed by atoms with van der Waals surface area (Å²) in [7, 11) is 0. The van der Waals surface area contributed by atoms with E-state index < -0.39 is 11.7 Å². The molecule has 0 aromatic heterocycles. The lowest BCUT2D eigenvalue weighted by atomic mass is 9.99. The lowest BCUT2D eigenvalue weighted by Crippen LogP contribution is -2.32. The maximum Gasteiger partial charge on any atom is 0.222 e. The second-order valence-electron chi connectivity index (χ2n) is 5.48. The molecule has 4 nitrogen and oxygen atoms in total. The smallest absolute Gasteiger partial charge is 0.222 e. The van der Waals surface area contributed by atoms with Gasteiger partial charge in [-0.05, 0) is 33.3 Å². The quantitative estimate of drug-likeness (QED) is 0.361. The summed E-state index contributed by atoms with van der Waals surface area (Å²) < 4.78 is 0. The van der Waals surface area contributed by atoms with E-state index in [0.29, 0.717) is 6.54 Å². The Labute approximate surface area is 175 Å². The second-order valence-corrected chi connectivity index (χ2v) is 5.48. The van der Waals surface area contributed by atoms with E-state index in [0.717, 1.165) is 5.57 Å². The Hall–Kier alpha value is -1.91. The molecule has 166 valence electrons. The molecule has 0 aromatic carbocycles. The Kier molecular flexibility index (Phi) is 39.4. The summed E-state index contributed by atoms with van der Waals surface area (Å²) in [6.07, 6.45) is 8.46. The summed E-state index contributed by atoms with van der Waals surface area (Å²) in [5.74, 6) is -0.233. The van der Waals surface area contributed by atoms with Gasteiger partial charge in [0.2, 0.25) is 5.91 Å². The summed E-state index contributed by atoms with van der Waals surface area (Å²) >= 11 is 0. The Morgan fingerprint density at radius 3 is 1.82 bits per heavy atom. The molecule has 0 radical (unpaired) electrons. The highest BCUT2D eigenvalue weighted by Crippen LogP contribution is 2.12. The molecule has 0 heterocycles. The van der Waals surface area contributed by atoms with Crippen LogP contribution in [-0.4, -0.2) is 34.4 Å². The number of hydrogen-bond donors (Lipinski definition) is 3. The normalized spacial score (nSPS) is 10.9. The summed E-state index contributed by atoms with van der Waals surface area (Å²) in [5.41, 5.74) is -0.0368. The fraction of sp³-hybridized carbons (Fsp3) is 0.542. The van der Waals surface area contributed by atoms with Crippen molar-refractivity contribution in [1.29, 1.82) is 0 Å². The molecule has 1 amide bonds. The summed E-state index contributed by atoms with van der Waals surface area (Å²) in [5, 5.41) is 21.7. The molecule has 0 rings (SSSR count). The highest BCUT2D eigenvalue weighted by Gasteiger charge is 2.20. The number of nitrogens with one attached hydrogen (secondary N) is 1. The highest BCUT2D eigenvalue weighted by molar-refractivity contribution is 5.76. The summed E-state index contributed by atoms with van der Waals surface area (Å²) in [4.78, 5) is 11.5. The minimum atomic E-state index is -0.963. The van der Waals surface area contributed by atoms with Crippen molar-refractivity contribution in [2.75, 3.05) is 6.54 Å². The van der Waals surface area contributed by atoms with Gasteiger partial charge in [0.05, 0.1) is 18.1 Å². The Morgan fingerprint density at radius 1 is 1.11 bits per heavy atom. The maximum absolute atomic E-state index is 11.5. The topological polar surface area (TPSA) is 69.6 Å². The van der Waals surface area contributed by atoms with Crippen molar-refractivity contribution in [3.63, 3.8) is 0 Å². The number of hydrogen-bond acceptors (Lipinski definition) is 3.